The maximum absolute atomic E-state index is 10.0. The van der Waals surface area contributed by atoms with E-state index in [0.717, 1.165) is 0 Å². The van der Waals surface area contributed by atoms with E-state index in [1.165, 1.54) is 4.68 Å². The van der Waals surface area contributed by atoms with Gasteiger partial charge in [0.15, 0.2) is 5.82 Å². The van der Waals surface area contributed by atoms with E-state index in [-0.39, 0.29) is 12.1 Å². The zero-order valence-electron chi connectivity index (χ0n) is 12.2. The summed E-state index contributed by atoms with van der Waals surface area (Å²) in [6, 6.07) is 1.65. The largest absolute Gasteiger partial charge is 0.350 e. The van der Waals surface area contributed by atoms with E-state index in [9.17, 15) is 5.11 Å². The Morgan fingerprint density at radius 3 is 2.95 bits per heavy atom. The quantitative estimate of drug-likeness (QED) is 0.858. The summed E-state index contributed by atoms with van der Waals surface area (Å²) in [5.41, 5.74) is -0.466. The number of aromatic nitrogens is 2. The van der Waals surface area contributed by atoms with Gasteiger partial charge in [0, 0.05) is 24.7 Å². The SMILES string of the molecule is CC(C)(C)OC(O)n1ccc(N2N=NC3C=NC=CC32)n1. The van der Waals surface area contributed by atoms with Gasteiger partial charge < -0.3 is 9.84 Å². The second kappa shape index (κ2) is 5.05. The lowest BCUT2D eigenvalue weighted by molar-refractivity contribution is -0.215. The molecule has 8 nitrogen and oxygen atoms in total. The first-order chi connectivity index (χ1) is 9.94. The van der Waals surface area contributed by atoms with Crippen LogP contribution >= 0.6 is 0 Å². The third kappa shape index (κ3) is 2.86. The van der Waals surface area contributed by atoms with Gasteiger partial charge in [-0.05, 0) is 26.8 Å². The molecular formula is C13H18N6O2. The van der Waals surface area contributed by atoms with E-state index in [4.69, 9.17) is 4.74 Å². The predicted octanol–water partition coefficient (Wildman–Crippen LogP) is 1.67. The van der Waals surface area contributed by atoms with E-state index in [1.54, 1.807) is 29.7 Å². The van der Waals surface area contributed by atoms with E-state index < -0.39 is 12.0 Å². The number of rotatable bonds is 3. The van der Waals surface area contributed by atoms with Crippen LogP contribution in [0, 0.1) is 0 Å². The Hall–Kier alpha value is -2.06. The normalized spacial score (nSPS) is 25.4. The fraction of sp³-hybridized carbons (Fsp3) is 0.538. The molecule has 0 aliphatic carbocycles. The average Bonchev–Trinajstić information content (AvgIpc) is 3.03. The minimum atomic E-state index is -1.14. The zero-order valence-corrected chi connectivity index (χ0v) is 12.2. The molecule has 2 aliphatic rings. The monoisotopic (exact) mass is 290 g/mol. The van der Waals surface area contributed by atoms with E-state index in [2.05, 4.69) is 20.4 Å². The molecule has 1 aromatic heterocycles. The summed E-state index contributed by atoms with van der Waals surface area (Å²) in [6.07, 6.45) is 5.90. The standard InChI is InChI=1S/C13H18N6O2/c1-13(2,3)21-12(20)18-7-5-11(16-18)19-10-4-6-14-8-9(10)15-17-19/h4-10,12,20H,1-3H3. The summed E-state index contributed by atoms with van der Waals surface area (Å²) in [7, 11) is 0. The number of anilines is 1. The molecule has 1 N–H and O–H groups in total. The highest BCUT2D eigenvalue weighted by Crippen LogP contribution is 2.27. The molecule has 3 atom stereocenters. The molecule has 112 valence electrons. The predicted molar refractivity (Wildman–Crippen MR) is 76.9 cm³/mol. The minimum Gasteiger partial charge on any atom is -0.350 e. The van der Waals surface area contributed by atoms with Crippen molar-refractivity contribution in [3.8, 4) is 0 Å². The van der Waals surface area contributed by atoms with Crippen LogP contribution in [0.1, 0.15) is 27.2 Å². The molecule has 0 radical (unpaired) electrons. The Kier molecular flexibility index (Phi) is 3.34. The van der Waals surface area contributed by atoms with E-state index in [0.29, 0.717) is 5.82 Å². The van der Waals surface area contributed by atoms with Crippen LogP contribution in [-0.4, -0.2) is 38.8 Å². The topological polar surface area (TPSA) is 87.6 Å². The first kappa shape index (κ1) is 13.9. The van der Waals surface area contributed by atoms with E-state index >= 15 is 0 Å². The zero-order chi connectivity index (χ0) is 15.0. The lowest BCUT2D eigenvalue weighted by atomic mass is 10.1. The van der Waals surface area contributed by atoms with Crippen molar-refractivity contribution in [2.75, 3.05) is 5.01 Å². The molecule has 0 bridgehead atoms. The molecule has 8 heteroatoms. The number of aliphatic hydroxyl groups is 1. The Morgan fingerprint density at radius 1 is 1.38 bits per heavy atom. The van der Waals surface area contributed by atoms with Crippen molar-refractivity contribution in [2.45, 2.75) is 44.9 Å². The van der Waals surface area contributed by atoms with Gasteiger partial charge in [0.1, 0.15) is 12.1 Å². The summed E-state index contributed by atoms with van der Waals surface area (Å²) >= 11 is 0. The average molecular weight is 290 g/mol. The molecule has 0 fully saturated rings. The number of aliphatic imine (C=N–C) groups is 1. The molecule has 0 aromatic carbocycles. The van der Waals surface area contributed by atoms with Crippen molar-refractivity contribution in [3.05, 3.63) is 24.5 Å². The van der Waals surface area contributed by atoms with Gasteiger partial charge in [0.2, 0.25) is 0 Å². The number of hydrogen-bond acceptors (Lipinski definition) is 7. The molecule has 1 aromatic rings. The van der Waals surface area contributed by atoms with Gasteiger partial charge in [0.05, 0.1) is 5.60 Å². The van der Waals surface area contributed by atoms with Crippen molar-refractivity contribution in [3.63, 3.8) is 0 Å². The van der Waals surface area contributed by atoms with Crippen LogP contribution in [0.5, 0.6) is 0 Å². The number of hydrogen-bond donors (Lipinski definition) is 1. The fourth-order valence-electron chi connectivity index (χ4n) is 2.12. The Morgan fingerprint density at radius 2 is 2.19 bits per heavy atom. The first-order valence-corrected chi connectivity index (χ1v) is 6.75. The number of aliphatic hydroxyl groups excluding tert-OH is 1. The van der Waals surface area contributed by atoms with Gasteiger partial charge in [-0.3, -0.25) is 4.99 Å². The second-order valence-corrected chi connectivity index (χ2v) is 5.88. The summed E-state index contributed by atoms with van der Waals surface area (Å²) in [6.45, 7) is 5.60. The van der Waals surface area contributed by atoms with Crippen LogP contribution < -0.4 is 5.01 Å². The smallest absolute Gasteiger partial charge is 0.257 e. The molecular weight excluding hydrogens is 272 g/mol. The maximum Gasteiger partial charge on any atom is 0.257 e. The van der Waals surface area contributed by atoms with Crippen LogP contribution in [-0.2, 0) is 4.74 Å². The molecule has 0 saturated heterocycles. The highest BCUT2D eigenvalue weighted by Gasteiger charge is 2.33. The molecule has 3 rings (SSSR count). The molecule has 0 spiro atoms. The van der Waals surface area contributed by atoms with Gasteiger partial charge >= 0.3 is 0 Å². The highest BCUT2D eigenvalue weighted by atomic mass is 16.6. The first-order valence-electron chi connectivity index (χ1n) is 6.75. The lowest BCUT2D eigenvalue weighted by Gasteiger charge is -2.24. The van der Waals surface area contributed by atoms with Crippen molar-refractivity contribution in [2.24, 2.45) is 15.3 Å². The summed E-state index contributed by atoms with van der Waals surface area (Å²) < 4.78 is 6.81. The number of ether oxygens (including phenoxy) is 1. The third-order valence-corrected chi connectivity index (χ3v) is 3.04. The van der Waals surface area contributed by atoms with Crippen LogP contribution in [0.2, 0.25) is 0 Å². The molecule has 0 saturated carbocycles. The highest BCUT2D eigenvalue weighted by molar-refractivity contribution is 5.70. The maximum atomic E-state index is 10.0. The van der Waals surface area contributed by atoms with Crippen molar-refractivity contribution in [1.29, 1.82) is 0 Å². The van der Waals surface area contributed by atoms with E-state index in [1.807, 2.05) is 26.8 Å². The van der Waals surface area contributed by atoms with Gasteiger partial charge in [-0.1, -0.05) is 5.22 Å². The van der Waals surface area contributed by atoms with Crippen molar-refractivity contribution >= 4 is 12.0 Å². The van der Waals surface area contributed by atoms with Crippen LogP contribution in [0.25, 0.3) is 0 Å². The van der Waals surface area contributed by atoms with Gasteiger partial charge in [-0.25, -0.2) is 9.69 Å². The minimum absolute atomic E-state index is 0.0217. The Bertz CT molecular complexity index is 600. The van der Waals surface area contributed by atoms with Gasteiger partial charge in [-0.2, -0.15) is 5.11 Å². The van der Waals surface area contributed by atoms with Crippen molar-refractivity contribution < 1.29 is 9.84 Å². The Labute approximate surface area is 122 Å². The molecule has 2 aliphatic heterocycles. The second-order valence-electron chi connectivity index (χ2n) is 5.88. The molecule has 3 heterocycles. The van der Waals surface area contributed by atoms with Gasteiger partial charge in [-0.15, -0.1) is 5.10 Å². The van der Waals surface area contributed by atoms with Crippen molar-refractivity contribution in [1.82, 2.24) is 9.78 Å². The fourth-order valence-corrected chi connectivity index (χ4v) is 2.12. The summed E-state index contributed by atoms with van der Waals surface area (Å²) in [5, 5.41) is 24.3. The molecule has 0 amide bonds. The summed E-state index contributed by atoms with van der Waals surface area (Å²) in [4.78, 5) is 4.05. The van der Waals surface area contributed by atoms with Crippen LogP contribution in [0.15, 0.2) is 39.9 Å². The lowest BCUT2D eigenvalue weighted by Crippen LogP contribution is -2.35. The number of fused-ring (bicyclic) bond motifs is 1. The third-order valence-electron chi connectivity index (χ3n) is 3.04. The van der Waals surface area contributed by atoms with Gasteiger partial charge in [0.25, 0.3) is 6.41 Å². The van der Waals surface area contributed by atoms with Crippen LogP contribution in [0.3, 0.4) is 0 Å². The van der Waals surface area contributed by atoms with Crippen LogP contribution in [0.4, 0.5) is 5.82 Å². The molecule has 21 heavy (non-hydrogen) atoms. The number of nitrogens with zero attached hydrogens (tertiary/aromatic N) is 6. The molecule has 3 unspecified atom stereocenters. The summed E-state index contributed by atoms with van der Waals surface area (Å²) in [5.74, 6) is 0.600. The Balaban J connectivity index is 1.75.